The fourth-order valence-electron chi connectivity index (χ4n) is 3.37. The Morgan fingerprint density at radius 3 is 2.68 bits per heavy atom. The van der Waals surface area contributed by atoms with Crippen molar-refractivity contribution in [2.45, 2.75) is 26.7 Å². The summed E-state index contributed by atoms with van der Waals surface area (Å²) in [7, 11) is 1.90. The van der Waals surface area contributed by atoms with Gasteiger partial charge in [-0.1, -0.05) is 42.4 Å². The SMILES string of the molecule is CCc1cc(-c2noc(-c3cc(-c4ccccc4)n(C)n3)n2)c(C)nc1OCCCN. The van der Waals surface area contributed by atoms with Crippen LogP contribution >= 0.6 is 0 Å². The monoisotopic (exact) mass is 418 g/mol. The average Bonchev–Trinajstić information content (AvgIpc) is 3.42. The molecule has 0 radical (unpaired) electrons. The van der Waals surface area contributed by atoms with E-state index in [1.54, 1.807) is 0 Å². The standard InChI is InChI=1S/C23H26N6O2/c1-4-16-13-18(15(2)25-22(16)30-12-8-11-24)21-26-23(31-28-21)19-14-20(29(3)27-19)17-9-6-5-7-10-17/h5-7,9-10,13-14H,4,8,11-12,24H2,1-3H3. The Morgan fingerprint density at radius 1 is 1.13 bits per heavy atom. The van der Waals surface area contributed by atoms with Crippen LogP contribution in [0.3, 0.4) is 0 Å². The van der Waals surface area contributed by atoms with Crippen LogP contribution in [0.4, 0.5) is 0 Å². The molecule has 0 aliphatic carbocycles. The summed E-state index contributed by atoms with van der Waals surface area (Å²) in [4.78, 5) is 9.22. The molecule has 31 heavy (non-hydrogen) atoms. The number of aryl methyl sites for hydroxylation is 3. The second-order valence-corrected chi connectivity index (χ2v) is 7.26. The number of benzene rings is 1. The number of nitrogens with zero attached hydrogens (tertiary/aromatic N) is 5. The third-order valence-electron chi connectivity index (χ3n) is 5.06. The van der Waals surface area contributed by atoms with E-state index in [0.29, 0.717) is 36.4 Å². The minimum atomic E-state index is 0.369. The van der Waals surface area contributed by atoms with E-state index >= 15 is 0 Å². The summed E-state index contributed by atoms with van der Waals surface area (Å²) >= 11 is 0. The van der Waals surface area contributed by atoms with Crippen LogP contribution in [0.15, 0.2) is 47.0 Å². The van der Waals surface area contributed by atoms with Crippen molar-refractivity contribution in [2.24, 2.45) is 12.8 Å². The van der Waals surface area contributed by atoms with Crippen molar-refractivity contribution in [3.05, 3.63) is 53.7 Å². The fourth-order valence-corrected chi connectivity index (χ4v) is 3.37. The maximum Gasteiger partial charge on any atom is 0.278 e. The van der Waals surface area contributed by atoms with Crippen LogP contribution in [-0.4, -0.2) is 38.1 Å². The predicted molar refractivity (Wildman–Crippen MR) is 118 cm³/mol. The van der Waals surface area contributed by atoms with Gasteiger partial charge in [0, 0.05) is 18.2 Å². The van der Waals surface area contributed by atoms with Crippen LogP contribution in [0, 0.1) is 6.92 Å². The Labute approximate surface area is 181 Å². The summed E-state index contributed by atoms with van der Waals surface area (Å²) in [5.74, 6) is 1.49. The minimum Gasteiger partial charge on any atom is -0.477 e. The second kappa shape index (κ2) is 9.09. The number of rotatable bonds is 8. The maximum absolute atomic E-state index is 5.80. The summed E-state index contributed by atoms with van der Waals surface area (Å²) < 4.78 is 13.2. The maximum atomic E-state index is 5.80. The first-order valence-electron chi connectivity index (χ1n) is 10.4. The Morgan fingerprint density at radius 2 is 1.94 bits per heavy atom. The van der Waals surface area contributed by atoms with Crippen molar-refractivity contribution in [2.75, 3.05) is 13.2 Å². The number of nitrogens with two attached hydrogens (primary N) is 1. The molecule has 0 fully saturated rings. The van der Waals surface area contributed by atoms with Crippen molar-refractivity contribution in [1.29, 1.82) is 0 Å². The molecule has 3 aromatic heterocycles. The van der Waals surface area contributed by atoms with E-state index in [4.69, 9.17) is 15.0 Å². The summed E-state index contributed by atoms with van der Waals surface area (Å²) in [5.41, 5.74) is 10.8. The van der Waals surface area contributed by atoms with Gasteiger partial charge in [0.15, 0.2) is 5.69 Å². The summed E-state index contributed by atoms with van der Waals surface area (Å²) in [5, 5.41) is 8.73. The van der Waals surface area contributed by atoms with Crippen molar-refractivity contribution in [3.63, 3.8) is 0 Å². The predicted octanol–water partition coefficient (Wildman–Crippen LogP) is 3.80. The quantitative estimate of drug-likeness (QED) is 0.434. The van der Waals surface area contributed by atoms with E-state index in [0.717, 1.165) is 40.9 Å². The van der Waals surface area contributed by atoms with Crippen LogP contribution in [0.1, 0.15) is 24.6 Å². The Kier molecular flexibility index (Phi) is 6.08. The lowest BCUT2D eigenvalue weighted by atomic mass is 10.1. The van der Waals surface area contributed by atoms with Gasteiger partial charge in [-0.2, -0.15) is 10.1 Å². The highest BCUT2D eigenvalue weighted by atomic mass is 16.5. The highest BCUT2D eigenvalue weighted by Crippen LogP contribution is 2.29. The van der Waals surface area contributed by atoms with Crippen molar-refractivity contribution >= 4 is 0 Å². The first-order chi connectivity index (χ1) is 15.1. The normalized spacial score (nSPS) is 11.1. The van der Waals surface area contributed by atoms with Crippen LogP contribution < -0.4 is 10.5 Å². The number of hydrogen-bond acceptors (Lipinski definition) is 7. The Balaban J connectivity index is 1.63. The van der Waals surface area contributed by atoms with Gasteiger partial charge in [0.25, 0.3) is 5.89 Å². The summed E-state index contributed by atoms with van der Waals surface area (Å²) in [6.07, 6.45) is 1.57. The lowest BCUT2D eigenvalue weighted by molar-refractivity contribution is 0.298. The average molecular weight is 419 g/mol. The third kappa shape index (κ3) is 4.34. The van der Waals surface area contributed by atoms with Gasteiger partial charge in [-0.05, 0) is 44.0 Å². The van der Waals surface area contributed by atoms with E-state index in [-0.39, 0.29) is 0 Å². The van der Waals surface area contributed by atoms with Gasteiger partial charge in [-0.25, -0.2) is 4.98 Å². The third-order valence-corrected chi connectivity index (χ3v) is 5.06. The molecule has 4 rings (SSSR count). The molecule has 2 N–H and O–H groups in total. The van der Waals surface area contributed by atoms with Gasteiger partial charge in [0.05, 0.1) is 18.0 Å². The zero-order valence-electron chi connectivity index (χ0n) is 18.0. The topological polar surface area (TPSA) is 105 Å². The van der Waals surface area contributed by atoms with Crippen LogP contribution in [0.25, 0.3) is 34.2 Å². The smallest absolute Gasteiger partial charge is 0.278 e. The fraction of sp³-hybridized carbons (Fsp3) is 0.304. The van der Waals surface area contributed by atoms with Gasteiger partial charge in [-0.15, -0.1) is 0 Å². The molecule has 0 spiro atoms. The van der Waals surface area contributed by atoms with Crippen molar-refractivity contribution < 1.29 is 9.26 Å². The molecule has 0 amide bonds. The van der Waals surface area contributed by atoms with Gasteiger partial charge in [-0.3, -0.25) is 4.68 Å². The molecule has 160 valence electrons. The number of hydrogen-bond donors (Lipinski definition) is 1. The van der Waals surface area contributed by atoms with Gasteiger partial charge in [0.2, 0.25) is 11.7 Å². The zero-order valence-corrected chi connectivity index (χ0v) is 18.0. The van der Waals surface area contributed by atoms with Crippen LogP contribution in [0.2, 0.25) is 0 Å². The van der Waals surface area contributed by atoms with Gasteiger partial charge < -0.3 is 15.0 Å². The number of ether oxygens (including phenoxy) is 1. The Bertz CT molecular complexity index is 1170. The minimum absolute atomic E-state index is 0.369. The van der Waals surface area contributed by atoms with E-state index < -0.39 is 0 Å². The largest absolute Gasteiger partial charge is 0.477 e. The molecule has 0 bridgehead atoms. The number of pyridine rings is 1. The molecular weight excluding hydrogens is 392 g/mol. The van der Waals surface area contributed by atoms with Gasteiger partial charge in [0.1, 0.15) is 0 Å². The molecule has 3 heterocycles. The first kappa shape index (κ1) is 20.7. The number of aromatic nitrogens is 5. The molecule has 8 heteroatoms. The van der Waals surface area contributed by atoms with E-state index in [2.05, 4.69) is 27.1 Å². The van der Waals surface area contributed by atoms with Crippen LogP contribution in [-0.2, 0) is 13.5 Å². The summed E-state index contributed by atoms with van der Waals surface area (Å²) in [6, 6.07) is 14.0. The second-order valence-electron chi connectivity index (χ2n) is 7.26. The van der Waals surface area contributed by atoms with E-state index in [1.165, 1.54) is 0 Å². The summed E-state index contributed by atoms with van der Waals surface area (Å²) in [6.45, 7) is 5.11. The van der Waals surface area contributed by atoms with Crippen molar-refractivity contribution in [3.8, 4) is 40.1 Å². The lowest BCUT2D eigenvalue weighted by Gasteiger charge is -2.11. The highest BCUT2D eigenvalue weighted by Gasteiger charge is 2.19. The van der Waals surface area contributed by atoms with Crippen molar-refractivity contribution in [1.82, 2.24) is 24.9 Å². The lowest BCUT2D eigenvalue weighted by Crippen LogP contribution is -2.09. The molecule has 0 saturated heterocycles. The van der Waals surface area contributed by atoms with Gasteiger partial charge >= 0.3 is 0 Å². The molecule has 1 aromatic carbocycles. The van der Waals surface area contributed by atoms with E-state index in [9.17, 15) is 0 Å². The molecule has 0 atom stereocenters. The van der Waals surface area contributed by atoms with Crippen LogP contribution in [0.5, 0.6) is 5.88 Å². The Hall–Kier alpha value is -3.52. The highest BCUT2D eigenvalue weighted by molar-refractivity contribution is 5.67. The molecule has 0 aliphatic heterocycles. The molecule has 8 nitrogen and oxygen atoms in total. The molecule has 0 aliphatic rings. The molecule has 0 unspecified atom stereocenters. The molecular formula is C23H26N6O2. The zero-order chi connectivity index (χ0) is 21.8. The first-order valence-corrected chi connectivity index (χ1v) is 10.4. The molecule has 0 saturated carbocycles. The molecule has 4 aromatic rings. The van der Waals surface area contributed by atoms with E-state index in [1.807, 2.05) is 61.1 Å².